The van der Waals surface area contributed by atoms with Crippen molar-refractivity contribution >= 4 is 0 Å². The maximum atomic E-state index is 4.31. The normalized spacial score (nSPS) is 12.1. The molecule has 0 spiro atoms. The van der Waals surface area contributed by atoms with Gasteiger partial charge in [0.2, 0.25) is 0 Å². The highest BCUT2D eigenvalue weighted by atomic mass is 14.9. The Morgan fingerprint density at radius 2 is 2.06 bits per heavy atom. The summed E-state index contributed by atoms with van der Waals surface area (Å²) >= 11 is 0. The molecule has 0 aliphatic carbocycles. The Bertz CT molecular complexity index is 291. The lowest BCUT2D eigenvalue weighted by Gasteiger charge is -2.29. The van der Waals surface area contributed by atoms with E-state index >= 15 is 0 Å². The molecule has 0 bridgehead atoms. The first kappa shape index (κ1) is 13.2. The summed E-state index contributed by atoms with van der Waals surface area (Å²) in [6, 6.07) is 6.08. The largest absolute Gasteiger partial charge is 0.316 e. The van der Waals surface area contributed by atoms with Crippen LogP contribution in [0.3, 0.4) is 0 Å². The van der Waals surface area contributed by atoms with Gasteiger partial charge in [0.15, 0.2) is 0 Å². The molecule has 0 aliphatic rings. The number of nitrogens with one attached hydrogen (secondary N) is 1. The maximum absolute atomic E-state index is 4.31. The molecule has 1 aromatic heterocycles. The van der Waals surface area contributed by atoms with Crippen molar-refractivity contribution in [3.8, 4) is 0 Å². The van der Waals surface area contributed by atoms with Gasteiger partial charge in [0.25, 0.3) is 0 Å². The summed E-state index contributed by atoms with van der Waals surface area (Å²) in [5.41, 5.74) is 1.53. The van der Waals surface area contributed by atoms with Crippen molar-refractivity contribution in [3.05, 3.63) is 30.1 Å². The van der Waals surface area contributed by atoms with E-state index in [1.807, 2.05) is 18.3 Å². The molecule has 90 valence electrons. The maximum Gasteiger partial charge on any atom is 0.0416 e. The summed E-state index contributed by atoms with van der Waals surface area (Å²) in [5, 5.41) is 3.52. The van der Waals surface area contributed by atoms with Crippen LogP contribution in [0.4, 0.5) is 0 Å². The van der Waals surface area contributed by atoms with Crippen LogP contribution in [0.1, 0.15) is 33.4 Å². The Balaban J connectivity index is 2.22. The predicted molar refractivity (Wildman–Crippen MR) is 69.4 cm³/mol. The summed E-state index contributed by atoms with van der Waals surface area (Å²) in [5.74, 6) is 0.704. The van der Waals surface area contributed by atoms with E-state index in [4.69, 9.17) is 0 Å². The first-order valence-electron chi connectivity index (χ1n) is 6.13. The van der Waals surface area contributed by atoms with Crippen molar-refractivity contribution in [2.75, 3.05) is 13.1 Å². The quantitative estimate of drug-likeness (QED) is 0.746. The van der Waals surface area contributed by atoms with Crippen LogP contribution in [-0.4, -0.2) is 18.1 Å². The summed E-state index contributed by atoms with van der Waals surface area (Å²) in [6.07, 6.45) is 2.86. The van der Waals surface area contributed by atoms with E-state index in [0.29, 0.717) is 11.3 Å². The Morgan fingerprint density at radius 3 is 2.62 bits per heavy atom. The SMILES string of the molecule is CC(C)C(C)(C)CNCCc1ccccn1. The molecule has 0 aromatic carbocycles. The molecule has 0 saturated carbocycles. The fraction of sp³-hybridized carbons (Fsp3) is 0.643. The van der Waals surface area contributed by atoms with Crippen LogP contribution in [-0.2, 0) is 6.42 Å². The summed E-state index contributed by atoms with van der Waals surface area (Å²) in [7, 11) is 0. The van der Waals surface area contributed by atoms with E-state index in [9.17, 15) is 0 Å². The highest BCUT2D eigenvalue weighted by Gasteiger charge is 2.21. The lowest BCUT2D eigenvalue weighted by atomic mass is 9.81. The number of pyridine rings is 1. The van der Waals surface area contributed by atoms with Crippen molar-refractivity contribution in [1.82, 2.24) is 10.3 Å². The smallest absolute Gasteiger partial charge is 0.0416 e. The zero-order valence-electron chi connectivity index (χ0n) is 11.0. The third-order valence-electron chi connectivity index (χ3n) is 3.43. The van der Waals surface area contributed by atoms with E-state index in [1.165, 1.54) is 0 Å². The Morgan fingerprint density at radius 1 is 1.31 bits per heavy atom. The fourth-order valence-electron chi connectivity index (χ4n) is 1.38. The molecule has 0 fully saturated rings. The van der Waals surface area contributed by atoms with E-state index < -0.39 is 0 Å². The average molecular weight is 220 g/mol. The second-order valence-corrected chi connectivity index (χ2v) is 5.39. The van der Waals surface area contributed by atoms with Crippen LogP contribution in [0, 0.1) is 11.3 Å². The van der Waals surface area contributed by atoms with Gasteiger partial charge in [0, 0.05) is 31.4 Å². The molecule has 0 unspecified atom stereocenters. The van der Waals surface area contributed by atoms with E-state index in [0.717, 1.165) is 25.2 Å². The number of hydrogen-bond acceptors (Lipinski definition) is 2. The van der Waals surface area contributed by atoms with Crippen molar-refractivity contribution in [2.45, 2.75) is 34.1 Å². The van der Waals surface area contributed by atoms with Gasteiger partial charge in [-0.05, 0) is 23.5 Å². The number of hydrogen-bond donors (Lipinski definition) is 1. The molecule has 0 saturated heterocycles. The molecule has 16 heavy (non-hydrogen) atoms. The first-order valence-corrected chi connectivity index (χ1v) is 6.13. The van der Waals surface area contributed by atoms with Gasteiger partial charge in [0.1, 0.15) is 0 Å². The molecule has 1 heterocycles. The Hall–Kier alpha value is -0.890. The lowest BCUT2D eigenvalue weighted by Crippen LogP contribution is -2.34. The standard InChI is InChI=1S/C14H24N2/c1-12(2)14(3,4)11-15-10-8-13-7-5-6-9-16-13/h5-7,9,12,15H,8,10-11H2,1-4H3. The van der Waals surface area contributed by atoms with Gasteiger partial charge in [-0.1, -0.05) is 33.8 Å². The van der Waals surface area contributed by atoms with Crippen LogP contribution in [0.2, 0.25) is 0 Å². The van der Waals surface area contributed by atoms with Gasteiger partial charge in [0.05, 0.1) is 0 Å². The van der Waals surface area contributed by atoms with Gasteiger partial charge in [-0.25, -0.2) is 0 Å². The molecule has 1 rings (SSSR count). The minimum atomic E-state index is 0.365. The van der Waals surface area contributed by atoms with E-state index in [1.54, 1.807) is 0 Å². The summed E-state index contributed by atoms with van der Waals surface area (Å²) in [6.45, 7) is 11.3. The molecule has 0 aliphatic heterocycles. The van der Waals surface area contributed by atoms with Gasteiger partial charge >= 0.3 is 0 Å². The topological polar surface area (TPSA) is 24.9 Å². The first-order chi connectivity index (χ1) is 7.52. The molecule has 2 nitrogen and oxygen atoms in total. The minimum Gasteiger partial charge on any atom is -0.316 e. The summed E-state index contributed by atoms with van der Waals surface area (Å²) in [4.78, 5) is 4.31. The molecule has 1 aromatic rings. The average Bonchev–Trinajstić information content (AvgIpc) is 2.26. The number of nitrogens with zero attached hydrogens (tertiary/aromatic N) is 1. The predicted octanol–water partition coefficient (Wildman–Crippen LogP) is 2.90. The van der Waals surface area contributed by atoms with Crippen LogP contribution in [0.15, 0.2) is 24.4 Å². The van der Waals surface area contributed by atoms with Crippen molar-refractivity contribution < 1.29 is 0 Å². The van der Waals surface area contributed by atoms with Crippen LogP contribution in [0.5, 0.6) is 0 Å². The molecule has 0 radical (unpaired) electrons. The van der Waals surface area contributed by atoms with E-state index in [2.05, 4.69) is 44.1 Å². The Kier molecular flexibility index (Phi) is 4.94. The minimum absolute atomic E-state index is 0.365. The second-order valence-electron chi connectivity index (χ2n) is 5.39. The Labute approximate surface area is 99.5 Å². The third-order valence-corrected chi connectivity index (χ3v) is 3.43. The molecular weight excluding hydrogens is 196 g/mol. The van der Waals surface area contributed by atoms with Gasteiger partial charge in [-0.3, -0.25) is 4.98 Å². The second kappa shape index (κ2) is 6.00. The van der Waals surface area contributed by atoms with Gasteiger partial charge in [-0.2, -0.15) is 0 Å². The zero-order chi connectivity index (χ0) is 12.0. The highest BCUT2D eigenvalue weighted by molar-refractivity contribution is 5.03. The zero-order valence-corrected chi connectivity index (χ0v) is 11.0. The third kappa shape index (κ3) is 4.31. The van der Waals surface area contributed by atoms with E-state index in [-0.39, 0.29) is 0 Å². The summed E-state index contributed by atoms with van der Waals surface area (Å²) < 4.78 is 0. The van der Waals surface area contributed by atoms with Gasteiger partial charge in [-0.15, -0.1) is 0 Å². The molecule has 1 N–H and O–H groups in total. The van der Waals surface area contributed by atoms with Crippen LogP contribution in [0.25, 0.3) is 0 Å². The van der Waals surface area contributed by atoms with Crippen molar-refractivity contribution in [2.24, 2.45) is 11.3 Å². The monoisotopic (exact) mass is 220 g/mol. The molecular formula is C14H24N2. The lowest BCUT2D eigenvalue weighted by molar-refractivity contribution is 0.239. The highest BCUT2D eigenvalue weighted by Crippen LogP contribution is 2.24. The van der Waals surface area contributed by atoms with Crippen molar-refractivity contribution in [1.29, 1.82) is 0 Å². The number of rotatable bonds is 6. The van der Waals surface area contributed by atoms with Crippen LogP contribution >= 0.6 is 0 Å². The molecule has 0 atom stereocenters. The molecule has 0 amide bonds. The number of aromatic nitrogens is 1. The molecule has 2 heteroatoms. The van der Waals surface area contributed by atoms with Crippen molar-refractivity contribution in [3.63, 3.8) is 0 Å². The fourth-order valence-corrected chi connectivity index (χ4v) is 1.38. The van der Waals surface area contributed by atoms with Crippen LogP contribution < -0.4 is 5.32 Å². The van der Waals surface area contributed by atoms with Gasteiger partial charge < -0.3 is 5.32 Å².